The molecule has 7 heteroatoms. The summed E-state index contributed by atoms with van der Waals surface area (Å²) in [5, 5.41) is 9.69. The number of likely N-dealkylation sites (tertiary alicyclic amines) is 1. The lowest BCUT2D eigenvalue weighted by molar-refractivity contribution is 0.0131. The lowest BCUT2D eigenvalue weighted by Gasteiger charge is -2.33. The van der Waals surface area contributed by atoms with E-state index < -0.39 is 5.60 Å². The number of anilines is 1. The number of hydrogen-bond acceptors (Lipinski definition) is 6. The topological polar surface area (TPSA) is 80.5 Å². The molecule has 1 saturated heterocycles. The van der Waals surface area contributed by atoms with Gasteiger partial charge >= 0.3 is 6.09 Å². The van der Waals surface area contributed by atoms with Crippen molar-refractivity contribution in [3.8, 4) is 0 Å². The molecule has 0 aliphatic carbocycles. The molecular formula is C19H32N4O2S. The largest absolute Gasteiger partial charge is 0.444 e. The molecular weight excluding hydrogens is 348 g/mol. The Hall–Kier alpha value is -1.47. The van der Waals surface area contributed by atoms with E-state index in [-0.39, 0.29) is 11.6 Å². The number of nitrogens with one attached hydrogen (secondary N) is 1. The van der Waals surface area contributed by atoms with Crippen molar-refractivity contribution in [2.45, 2.75) is 70.0 Å². The lowest BCUT2D eigenvalue weighted by Crippen LogP contribution is -2.45. The molecule has 1 aromatic rings. The smallest absolute Gasteiger partial charge is 0.410 e. The van der Waals surface area contributed by atoms with Gasteiger partial charge in [-0.3, -0.25) is 5.14 Å². The number of pyridine rings is 1. The van der Waals surface area contributed by atoms with Gasteiger partial charge in [0.05, 0.1) is 0 Å². The van der Waals surface area contributed by atoms with Crippen molar-refractivity contribution >= 4 is 23.9 Å². The van der Waals surface area contributed by atoms with Crippen LogP contribution in [-0.4, -0.2) is 40.2 Å². The summed E-state index contributed by atoms with van der Waals surface area (Å²) >= 11 is 1.15. The molecule has 3 N–H and O–H groups in total. The molecule has 0 radical (unpaired) electrons. The molecule has 1 aliphatic rings. The summed E-state index contributed by atoms with van der Waals surface area (Å²) in [6, 6.07) is 5.78. The number of hydrogen-bond donors (Lipinski definition) is 2. The first-order valence-electron chi connectivity index (χ1n) is 9.19. The van der Waals surface area contributed by atoms with E-state index >= 15 is 0 Å². The van der Waals surface area contributed by atoms with E-state index in [9.17, 15) is 4.79 Å². The molecule has 1 amide bonds. The summed E-state index contributed by atoms with van der Waals surface area (Å²) in [5.41, 5.74) is -0.618. The van der Waals surface area contributed by atoms with Crippen LogP contribution in [0, 0.1) is 5.92 Å². The van der Waals surface area contributed by atoms with Gasteiger partial charge in [-0.2, -0.15) is 0 Å². The van der Waals surface area contributed by atoms with Gasteiger partial charge < -0.3 is 15.0 Å². The molecule has 1 aliphatic heterocycles. The van der Waals surface area contributed by atoms with Crippen LogP contribution in [0.15, 0.2) is 23.2 Å². The zero-order chi connectivity index (χ0) is 19.4. The number of nitrogens with zero attached hydrogens (tertiary/aromatic N) is 2. The zero-order valence-electron chi connectivity index (χ0n) is 16.5. The van der Waals surface area contributed by atoms with Gasteiger partial charge in [0, 0.05) is 18.6 Å². The normalized spacial score (nSPS) is 19.5. The molecule has 0 bridgehead atoms. The van der Waals surface area contributed by atoms with E-state index in [4.69, 9.17) is 9.88 Å². The van der Waals surface area contributed by atoms with Gasteiger partial charge in [0.25, 0.3) is 0 Å². The molecule has 2 heterocycles. The van der Waals surface area contributed by atoms with Crippen LogP contribution in [0.5, 0.6) is 0 Å². The van der Waals surface area contributed by atoms with Crippen molar-refractivity contribution in [2.75, 3.05) is 18.4 Å². The Morgan fingerprint density at radius 3 is 2.85 bits per heavy atom. The third-order valence-electron chi connectivity index (χ3n) is 4.51. The molecule has 0 saturated carbocycles. The molecule has 1 fully saturated rings. The summed E-state index contributed by atoms with van der Waals surface area (Å²) in [6.45, 7) is 11.6. The first-order chi connectivity index (χ1) is 12.1. The van der Waals surface area contributed by atoms with Gasteiger partial charge in [0.1, 0.15) is 16.4 Å². The minimum absolute atomic E-state index is 0.158. The number of rotatable bonds is 6. The fourth-order valence-electron chi connectivity index (χ4n) is 3.40. The standard InChI is InChI=1S/C19H32N4O2S/c1-18(2,3)25-17(24)23-13-14(12-19(23,4)5)8-7-11-21-15-9-6-10-16(22-15)26-20/h6,9-10,14H,7-8,11-13,20H2,1-5H3,(H,21,22)/t14-/m0/s1. The molecule has 146 valence electrons. The van der Waals surface area contributed by atoms with Gasteiger partial charge in [-0.15, -0.1) is 0 Å². The highest BCUT2D eigenvalue weighted by Gasteiger charge is 2.42. The predicted octanol–water partition coefficient (Wildman–Crippen LogP) is 4.28. The Morgan fingerprint density at radius 1 is 1.46 bits per heavy atom. The zero-order valence-corrected chi connectivity index (χ0v) is 17.4. The highest BCUT2D eigenvalue weighted by Crippen LogP contribution is 2.36. The third-order valence-corrected chi connectivity index (χ3v) is 4.98. The summed E-state index contributed by atoms with van der Waals surface area (Å²) in [5.74, 6) is 1.35. The Kier molecular flexibility index (Phi) is 6.80. The van der Waals surface area contributed by atoms with Crippen LogP contribution in [-0.2, 0) is 4.74 Å². The maximum Gasteiger partial charge on any atom is 0.410 e. The minimum atomic E-state index is -0.460. The van der Waals surface area contributed by atoms with Crippen molar-refractivity contribution in [1.82, 2.24) is 9.88 Å². The molecule has 6 nitrogen and oxygen atoms in total. The summed E-state index contributed by atoms with van der Waals surface area (Å²) in [4.78, 5) is 18.8. The average molecular weight is 381 g/mol. The van der Waals surface area contributed by atoms with Crippen LogP contribution in [0.3, 0.4) is 0 Å². The van der Waals surface area contributed by atoms with E-state index in [2.05, 4.69) is 24.1 Å². The van der Waals surface area contributed by atoms with Crippen LogP contribution in [0.25, 0.3) is 0 Å². The Balaban J connectivity index is 1.79. The van der Waals surface area contributed by atoms with Crippen molar-refractivity contribution in [3.05, 3.63) is 18.2 Å². The van der Waals surface area contributed by atoms with Gasteiger partial charge in [0.15, 0.2) is 0 Å². The fraction of sp³-hybridized carbons (Fsp3) is 0.684. The molecule has 1 aromatic heterocycles. The highest BCUT2D eigenvalue weighted by molar-refractivity contribution is 7.97. The Bertz CT molecular complexity index is 616. The van der Waals surface area contributed by atoms with E-state index in [0.717, 1.165) is 55.1 Å². The van der Waals surface area contributed by atoms with Gasteiger partial charge in [-0.05, 0) is 83.9 Å². The van der Waals surface area contributed by atoms with E-state index in [0.29, 0.717) is 5.92 Å². The van der Waals surface area contributed by atoms with E-state index in [1.165, 1.54) is 0 Å². The second-order valence-corrected chi connectivity index (χ2v) is 9.18. The monoisotopic (exact) mass is 380 g/mol. The van der Waals surface area contributed by atoms with Crippen molar-refractivity contribution in [3.63, 3.8) is 0 Å². The summed E-state index contributed by atoms with van der Waals surface area (Å²) < 4.78 is 5.57. The number of aromatic nitrogens is 1. The number of nitrogens with two attached hydrogens (primary N) is 1. The predicted molar refractivity (Wildman–Crippen MR) is 107 cm³/mol. The first kappa shape index (κ1) is 20.8. The molecule has 26 heavy (non-hydrogen) atoms. The number of ether oxygens (including phenoxy) is 1. The maximum absolute atomic E-state index is 12.5. The highest BCUT2D eigenvalue weighted by atomic mass is 32.2. The fourth-order valence-corrected chi connectivity index (χ4v) is 3.71. The van der Waals surface area contributed by atoms with E-state index in [1.807, 2.05) is 43.9 Å². The SMILES string of the molecule is CC(C)(C)OC(=O)N1C[C@@H](CCCNc2cccc(SN)n2)CC1(C)C. The summed E-state index contributed by atoms with van der Waals surface area (Å²) in [7, 11) is 0. The van der Waals surface area contributed by atoms with Crippen LogP contribution in [0.1, 0.15) is 53.9 Å². The third kappa shape index (κ3) is 6.06. The van der Waals surface area contributed by atoms with E-state index in [1.54, 1.807) is 0 Å². The second kappa shape index (κ2) is 8.48. The minimum Gasteiger partial charge on any atom is -0.444 e. The molecule has 0 spiro atoms. The number of carbonyl (C=O) groups is 1. The number of amides is 1. The molecule has 2 rings (SSSR count). The maximum atomic E-state index is 12.5. The Morgan fingerprint density at radius 2 is 2.19 bits per heavy atom. The summed E-state index contributed by atoms with van der Waals surface area (Å²) in [6.07, 6.45) is 2.90. The van der Waals surface area contributed by atoms with Crippen molar-refractivity contribution in [1.29, 1.82) is 0 Å². The van der Waals surface area contributed by atoms with Crippen molar-refractivity contribution < 1.29 is 9.53 Å². The van der Waals surface area contributed by atoms with Crippen LogP contribution in [0.2, 0.25) is 0 Å². The van der Waals surface area contributed by atoms with Gasteiger partial charge in [0.2, 0.25) is 0 Å². The lowest BCUT2D eigenvalue weighted by atomic mass is 9.93. The molecule has 0 unspecified atom stereocenters. The Labute approximate surface area is 161 Å². The van der Waals surface area contributed by atoms with Crippen LogP contribution < -0.4 is 10.5 Å². The molecule has 0 aromatic carbocycles. The first-order valence-corrected chi connectivity index (χ1v) is 10.1. The quantitative estimate of drug-likeness (QED) is 0.566. The second-order valence-electron chi connectivity index (χ2n) is 8.52. The van der Waals surface area contributed by atoms with Crippen LogP contribution in [0.4, 0.5) is 10.6 Å². The number of carbonyl (C=O) groups excluding carboxylic acids is 1. The molecule has 1 atom stereocenters. The van der Waals surface area contributed by atoms with Crippen molar-refractivity contribution in [2.24, 2.45) is 11.1 Å². The van der Waals surface area contributed by atoms with Gasteiger partial charge in [-0.1, -0.05) is 6.07 Å². The average Bonchev–Trinajstić information content (AvgIpc) is 2.85. The van der Waals surface area contributed by atoms with Gasteiger partial charge in [-0.25, -0.2) is 9.78 Å². The van der Waals surface area contributed by atoms with Crippen LogP contribution >= 0.6 is 11.9 Å².